The van der Waals surface area contributed by atoms with Crippen molar-refractivity contribution in [3.63, 3.8) is 0 Å². The molecule has 0 bridgehead atoms. The lowest BCUT2D eigenvalue weighted by Crippen LogP contribution is -2.38. The molecule has 1 fully saturated rings. The van der Waals surface area contributed by atoms with Crippen molar-refractivity contribution >= 4 is 11.7 Å². The van der Waals surface area contributed by atoms with Gasteiger partial charge in [-0.3, -0.25) is 9.78 Å². The quantitative estimate of drug-likeness (QED) is 0.791. The highest BCUT2D eigenvalue weighted by Gasteiger charge is 2.29. The monoisotopic (exact) mass is 386 g/mol. The highest BCUT2D eigenvalue weighted by atomic mass is 19.1. The normalized spacial score (nSPS) is 17.9. The van der Waals surface area contributed by atoms with E-state index < -0.39 is 5.91 Å². The summed E-state index contributed by atoms with van der Waals surface area (Å²) < 4.78 is 13.2. The number of hydrogen-bond acceptors (Lipinski definition) is 6. The minimum atomic E-state index is -0.625. The van der Waals surface area contributed by atoms with Crippen LogP contribution in [0.1, 0.15) is 53.9 Å². The molecule has 150 valence electrons. The molecule has 7 nitrogen and oxygen atoms in total. The standard InChI is InChI=1S/C20H27FN6O/c1-11(2)17(16-6-5-14(21)9-23-16)25-15-7-8-27(10-15)20-12(3)13(4)24-19(26-20)18(22)28/h5-6,9,11,15,17,25H,7-8,10H2,1-4H3,(H2,22,28)/t15-,17?/m1/s1. The highest BCUT2D eigenvalue weighted by molar-refractivity contribution is 5.89. The summed E-state index contributed by atoms with van der Waals surface area (Å²) in [6, 6.07) is 3.43. The zero-order valence-electron chi connectivity index (χ0n) is 16.7. The van der Waals surface area contributed by atoms with Crippen molar-refractivity contribution in [2.24, 2.45) is 11.7 Å². The number of carbonyl (C=O) groups is 1. The zero-order valence-corrected chi connectivity index (χ0v) is 16.7. The van der Waals surface area contributed by atoms with Crippen LogP contribution in [0.15, 0.2) is 18.3 Å². The number of nitrogens with two attached hydrogens (primary N) is 1. The summed E-state index contributed by atoms with van der Waals surface area (Å²) in [5.74, 6) is 0.145. The van der Waals surface area contributed by atoms with Gasteiger partial charge >= 0.3 is 0 Å². The predicted octanol–water partition coefficient (Wildman–Crippen LogP) is 2.29. The van der Waals surface area contributed by atoms with Crippen LogP contribution in [0.25, 0.3) is 0 Å². The van der Waals surface area contributed by atoms with Crippen LogP contribution >= 0.6 is 0 Å². The lowest BCUT2D eigenvalue weighted by Gasteiger charge is -2.26. The van der Waals surface area contributed by atoms with E-state index in [9.17, 15) is 9.18 Å². The number of rotatable bonds is 6. The van der Waals surface area contributed by atoms with Crippen molar-refractivity contribution in [2.75, 3.05) is 18.0 Å². The first-order chi connectivity index (χ1) is 13.3. The molecule has 0 saturated carbocycles. The largest absolute Gasteiger partial charge is 0.363 e. The number of aromatic nitrogens is 3. The molecular weight excluding hydrogens is 359 g/mol. The average molecular weight is 386 g/mol. The molecule has 8 heteroatoms. The Morgan fingerprint density at radius 2 is 2.07 bits per heavy atom. The van der Waals surface area contributed by atoms with Crippen LogP contribution < -0.4 is 16.0 Å². The third kappa shape index (κ3) is 4.27. The number of anilines is 1. The summed E-state index contributed by atoms with van der Waals surface area (Å²) in [5.41, 5.74) is 7.91. The number of nitrogens with zero attached hydrogens (tertiary/aromatic N) is 4. The maximum absolute atomic E-state index is 13.2. The number of amides is 1. The number of hydrogen-bond donors (Lipinski definition) is 2. The molecule has 1 aliphatic rings. The van der Waals surface area contributed by atoms with Gasteiger partial charge in [-0.15, -0.1) is 0 Å². The van der Waals surface area contributed by atoms with E-state index in [2.05, 4.69) is 39.0 Å². The van der Waals surface area contributed by atoms with Gasteiger partial charge in [0.25, 0.3) is 5.91 Å². The van der Waals surface area contributed by atoms with Crippen LogP contribution in [0.2, 0.25) is 0 Å². The Balaban J connectivity index is 1.76. The van der Waals surface area contributed by atoms with Gasteiger partial charge in [-0.05, 0) is 38.3 Å². The second-order valence-electron chi connectivity index (χ2n) is 7.67. The van der Waals surface area contributed by atoms with Gasteiger partial charge in [0.1, 0.15) is 11.6 Å². The maximum Gasteiger partial charge on any atom is 0.286 e. The SMILES string of the molecule is Cc1nc(C(N)=O)nc(N2CC[C@@H](NC(c3ccc(F)cn3)C(C)C)C2)c1C. The van der Waals surface area contributed by atoms with Crippen LogP contribution in [-0.4, -0.2) is 40.0 Å². The maximum atomic E-state index is 13.2. The fourth-order valence-electron chi connectivity index (χ4n) is 3.56. The van der Waals surface area contributed by atoms with Crippen molar-refractivity contribution < 1.29 is 9.18 Å². The lowest BCUT2D eigenvalue weighted by atomic mass is 9.99. The average Bonchev–Trinajstić information content (AvgIpc) is 3.11. The third-order valence-electron chi connectivity index (χ3n) is 5.22. The van der Waals surface area contributed by atoms with Gasteiger partial charge in [0.15, 0.2) is 0 Å². The van der Waals surface area contributed by atoms with Crippen LogP contribution in [0.3, 0.4) is 0 Å². The first kappa shape index (κ1) is 20.1. The Morgan fingerprint density at radius 3 is 2.68 bits per heavy atom. The molecule has 1 amide bonds. The summed E-state index contributed by atoms with van der Waals surface area (Å²) in [7, 11) is 0. The topological polar surface area (TPSA) is 97.0 Å². The molecule has 3 rings (SSSR count). The predicted molar refractivity (Wildman–Crippen MR) is 106 cm³/mol. The molecule has 3 N–H and O–H groups in total. The fourth-order valence-corrected chi connectivity index (χ4v) is 3.56. The molecule has 1 saturated heterocycles. The van der Waals surface area contributed by atoms with E-state index in [0.717, 1.165) is 42.3 Å². The van der Waals surface area contributed by atoms with Gasteiger partial charge in [0, 0.05) is 30.4 Å². The molecule has 0 aromatic carbocycles. The van der Waals surface area contributed by atoms with E-state index in [0.29, 0.717) is 5.92 Å². The van der Waals surface area contributed by atoms with Gasteiger partial charge in [-0.1, -0.05) is 13.8 Å². The summed E-state index contributed by atoms with van der Waals surface area (Å²) in [6.07, 6.45) is 2.19. The van der Waals surface area contributed by atoms with Gasteiger partial charge in [0.2, 0.25) is 5.82 Å². The molecule has 0 aliphatic carbocycles. The van der Waals surface area contributed by atoms with E-state index in [1.54, 1.807) is 6.07 Å². The van der Waals surface area contributed by atoms with Crippen molar-refractivity contribution in [2.45, 2.75) is 46.2 Å². The molecule has 1 aliphatic heterocycles. The number of aryl methyl sites for hydroxylation is 1. The Bertz CT molecular complexity index is 855. The highest BCUT2D eigenvalue weighted by Crippen LogP contribution is 2.27. The smallest absolute Gasteiger partial charge is 0.286 e. The van der Waals surface area contributed by atoms with E-state index >= 15 is 0 Å². The summed E-state index contributed by atoms with van der Waals surface area (Å²) in [5, 5.41) is 3.66. The molecule has 1 unspecified atom stereocenters. The fraction of sp³-hybridized carbons (Fsp3) is 0.500. The number of primary amides is 1. The second kappa shape index (κ2) is 8.18. The van der Waals surface area contributed by atoms with Gasteiger partial charge < -0.3 is 16.0 Å². The Morgan fingerprint density at radius 1 is 1.32 bits per heavy atom. The number of carbonyl (C=O) groups excluding carboxylic acids is 1. The lowest BCUT2D eigenvalue weighted by molar-refractivity contribution is 0.0990. The van der Waals surface area contributed by atoms with Crippen molar-refractivity contribution in [3.8, 4) is 0 Å². The van der Waals surface area contributed by atoms with Gasteiger partial charge in [-0.25, -0.2) is 14.4 Å². The molecule has 3 heterocycles. The van der Waals surface area contributed by atoms with Gasteiger partial charge in [-0.2, -0.15) is 0 Å². The molecule has 2 atom stereocenters. The molecule has 28 heavy (non-hydrogen) atoms. The minimum Gasteiger partial charge on any atom is -0.363 e. The first-order valence-electron chi connectivity index (χ1n) is 9.53. The van der Waals surface area contributed by atoms with Gasteiger partial charge in [0.05, 0.1) is 17.9 Å². The summed E-state index contributed by atoms with van der Waals surface area (Å²) in [6.45, 7) is 9.61. The van der Waals surface area contributed by atoms with Crippen LogP contribution in [0.5, 0.6) is 0 Å². The summed E-state index contributed by atoms with van der Waals surface area (Å²) in [4.78, 5) is 26.5. The van der Waals surface area contributed by atoms with Crippen LogP contribution in [0.4, 0.5) is 10.2 Å². The molecule has 0 radical (unpaired) electrons. The second-order valence-corrected chi connectivity index (χ2v) is 7.67. The minimum absolute atomic E-state index is 0.0277. The Kier molecular flexibility index (Phi) is 5.88. The van der Waals surface area contributed by atoms with E-state index in [4.69, 9.17) is 5.73 Å². The number of halogens is 1. The molecule has 0 spiro atoms. The third-order valence-corrected chi connectivity index (χ3v) is 5.22. The Labute approximate surface area is 164 Å². The van der Waals surface area contributed by atoms with Crippen molar-refractivity contribution in [1.29, 1.82) is 0 Å². The molecule has 2 aromatic heterocycles. The molecular formula is C20H27FN6O. The van der Waals surface area contributed by atoms with E-state index in [1.165, 1.54) is 12.3 Å². The molecule has 2 aromatic rings. The summed E-state index contributed by atoms with van der Waals surface area (Å²) >= 11 is 0. The van der Waals surface area contributed by atoms with Crippen molar-refractivity contribution in [3.05, 3.63) is 46.9 Å². The van der Waals surface area contributed by atoms with Crippen LogP contribution in [0, 0.1) is 25.6 Å². The van der Waals surface area contributed by atoms with Crippen molar-refractivity contribution in [1.82, 2.24) is 20.3 Å². The number of pyridine rings is 1. The Hall–Kier alpha value is -2.61. The van der Waals surface area contributed by atoms with E-state index in [1.807, 2.05) is 13.8 Å². The first-order valence-corrected chi connectivity index (χ1v) is 9.53. The number of nitrogens with one attached hydrogen (secondary N) is 1. The van der Waals surface area contributed by atoms with Crippen LogP contribution in [-0.2, 0) is 0 Å². The zero-order chi connectivity index (χ0) is 20.4. The van der Waals surface area contributed by atoms with E-state index in [-0.39, 0.29) is 23.7 Å².